The van der Waals surface area contributed by atoms with Crippen molar-refractivity contribution in [2.45, 2.75) is 32.2 Å². The van der Waals surface area contributed by atoms with Crippen molar-refractivity contribution >= 4 is 12.0 Å². The number of hydrogen-bond acceptors (Lipinski definition) is 1. The van der Waals surface area contributed by atoms with E-state index in [1.807, 2.05) is 0 Å². The van der Waals surface area contributed by atoms with Gasteiger partial charge in [0.1, 0.15) is 11.6 Å². The first-order valence-corrected chi connectivity index (χ1v) is 8.57. The molecular weight excluding hydrogens is 388 g/mol. The molecule has 1 saturated carbocycles. The van der Waals surface area contributed by atoms with E-state index in [0.717, 1.165) is 6.07 Å². The van der Waals surface area contributed by atoms with Gasteiger partial charge in [0.2, 0.25) is 0 Å². The maximum absolute atomic E-state index is 14.7. The topological polar surface area (TPSA) is 84.7 Å². The van der Waals surface area contributed by atoms with Gasteiger partial charge in [0.25, 0.3) is 0 Å². The molecule has 9 heteroatoms. The van der Waals surface area contributed by atoms with Crippen LogP contribution in [0.1, 0.15) is 31.4 Å². The van der Waals surface area contributed by atoms with E-state index in [4.69, 9.17) is 11.5 Å². The summed E-state index contributed by atoms with van der Waals surface area (Å²) in [6.07, 6.45) is 1.26. The van der Waals surface area contributed by atoms with Crippen molar-refractivity contribution in [3.05, 3.63) is 58.7 Å². The third-order valence-corrected chi connectivity index (χ3v) is 5.28. The van der Waals surface area contributed by atoms with E-state index in [2.05, 4.69) is 4.99 Å². The number of amides is 2. The van der Waals surface area contributed by atoms with Crippen LogP contribution in [-0.4, -0.2) is 23.4 Å². The Morgan fingerprint density at radius 2 is 1.62 bits per heavy atom. The lowest BCUT2D eigenvalue weighted by Gasteiger charge is -2.35. The number of urea groups is 1. The zero-order chi connectivity index (χ0) is 20.2. The third kappa shape index (κ3) is 3.41. The van der Waals surface area contributed by atoms with Crippen LogP contribution >= 0.6 is 0 Å². The molecule has 29 heavy (non-hydrogen) atoms. The highest BCUT2D eigenvalue weighted by Crippen LogP contribution is 2.54. The van der Waals surface area contributed by atoms with E-state index < -0.39 is 40.7 Å². The molecule has 0 radical (unpaired) electrons. The zero-order valence-corrected chi connectivity index (χ0v) is 14.6. The highest BCUT2D eigenvalue weighted by molar-refractivity contribution is 5.91. The third-order valence-electron chi connectivity index (χ3n) is 5.28. The SMILES string of the molecule is C.NC(N)=NC(=O)N1Cc2c(-c3cc(F)c(F)cc3F)ccc(F)c2C2(CC2)C1. The number of guanidine groups is 1. The van der Waals surface area contributed by atoms with Gasteiger partial charge in [-0.25, -0.2) is 22.4 Å². The Bertz CT molecular complexity index is 1030. The van der Waals surface area contributed by atoms with E-state index in [1.165, 1.54) is 17.0 Å². The number of carbonyl (C=O) groups is 1. The van der Waals surface area contributed by atoms with Crippen LogP contribution in [0.15, 0.2) is 29.3 Å². The number of halogens is 4. The van der Waals surface area contributed by atoms with Gasteiger partial charge in [-0.05, 0) is 36.1 Å². The molecule has 1 aliphatic carbocycles. The lowest BCUT2D eigenvalue weighted by Crippen LogP contribution is -2.42. The lowest BCUT2D eigenvalue weighted by molar-refractivity contribution is 0.192. The molecular formula is C20H20F4N4O. The number of nitrogens with zero attached hydrogens (tertiary/aromatic N) is 2. The molecule has 2 aromatic carbocycles. The molecule has 5 nitrogen and oxygen atoms in total. The average molecular weight is 408 g/mol. The monoisotopic (exact) mass is 408 g/mol. The van der Waals surface area contributed by atoms with Gasteiger partial charge in [0.05, 0.1) is 0 Å². The van der Waals surface area contributed by atoms with Crippen LogP contribution in [0.2, 0.25) is 0 Å². The molecule has 0 aromatic heterocycles. The number of fused-ring (bicyclic) bond motifs is 2. The van der Waals surface area contributed by atoms with Gasteiger partial charge < -0.3 is 16.4 Å². The van der Waals surface area contributed by atoms with Gasteiger partial charge in [-0.2, -0.15) is 4.99 Å². The minimum absolute atomic E-state index is 0. The van der Waals surface area contributed by atoms with Crippen molar-refractivity contribution in [3.8, 4) is 11.1 Å². The van der Waals surface area contributed by atoms with E-state index in [9.17, 15) is 22.4 Å². The molecule has 1 fully saturated rings. The van der Waals surface area contributed by atoms with Crippen molar-refractivity contribution in [1.82, 2.24) is 4.90 Å². The van der Waals surface area contributed by atoms with E-state index in [1.54, 1.807) is 0 Å². The number of nitrogens with two attached hydrogens (primary N) is 2. The molecule has 1 spiro atoms. The largest absolute Gasteiger partial charge is 0.370 e. The number of carbonyl (C=O) groups excluding carboxylic acids is 1. The van der Waals surface area contributed by atoms with Crippen LogP contribution in [0.4, 0.5) is 22.4 Å². The molecule has 0 bridgehead atoms. The lowest BCUT2D eigenvalue weighted by atomic mass is 9.82. The van der Waals surface area contributed by atoms with Gasteiger partial charge in [-0.15, -0.1) is 0 Å². The fourth-order valence-electron chi connectivity index (χ4n) is 3.90. The standard InChI is InChI=1S/C19H16F4N4O.CH4/c20-12-2-1-9(10-5-14(22)15(23)6-13(10)21)11-7-27(18(28)26-17(24)25)8-19(3-4-19)16(11)12;/h1-2,5-6H,3-4,7-8H2,(H4,24,25,26,28);1H4. The molecule has 0 saturated heterocycles. The maximum atomic E-state index is 14.7. The maximum Gasteiger partial charge on any atom is 0.347 e. The highest BCUT2D eigenvalue weighted by Gasteiger charge is 2.52. The first-order chi connectivity index (χ1) is 13.2. The van der Waals surface area contributed by atoms with Crippen LogP contribution < -0.4 is 11.5 Å². The van der Waals surface area contributed by atoms with E-state index >= 15 is 0 Å². The fourth-order valence-corrected chi connectivity index (χ4v) is 3.90. The number of benzene rings is 2. The number of hydrogen-bond donors (Lipinski definition) is 2. The molecule has 1 aliphatic heterocycles. The summed E-state index contributed by atoms with van der Waals surface area (Å²) in [5, 5.41) is 0. The molecule has 4 N–H and O–H groups in total. The average Bonchev–Trinajstić information content (AvgIpc) is 3.37. The van der Waals surface area contributed by atoms with Crippen LogP contribution in [0, 0.1) is 23.3 Å². The fraction of sp³-hybridized carbons (Fsp3) is 0.300. The Balaban J connectivity index is 0.00000240. The quantitative estimate of drug-likeness (QED) is 0.326. The molecule has 0 unspecified atom stereocenters. The smallest absolute Gasteiger partial charge is 0.347 e. The van der Waals surface area contributed by atoms with E-state index in [-0.39, 0.29) is 31.6 Å². The van der Waals surface area contributed by atoms with Crippen molar-refractivity contribution in [2.24, 2.45) is 16.5 Å². The van der Waals surface area contributed by atoms with Gasteiger partial charge >= 0.3 is 6.03 Å². The summed E-state index contributed by atoms with van der Waals surface area (Å²) in [4.78, 5) is 17.2. The Hall–Kier alpha value is -3.10. The summed E-state index contributed by atoms with van der Waals surface area (Å²) in [6.45, 7) is 0.133. The summed E-state index contributed by atoms with van der Waals surface area (Å²) in [6, 6.07) is 2.96. The molecule has 0 atom stereocenters. The second kappa shape index (κ2) is 7.06. The summed E-state index contributed by atoms with van der Waals surface area (Å²) >= 11 is 0. The Labute approximate surface area is 165 Å². The zero-order valence-electron chi connectivity index (χ0n) is 14.6. The van der Waals surface area contributed by atoms with Gasteiger partial charge in [-0.3, -0.25) is 0 Å². The number of aliphatic imine (C=N–C) groups is 1. The molecule has 1 heterocycles. The van der Waals surface area contributed by atoms with Crippen molar-refractivity contribution in [2.75, 3.05) is 6.54 Å². The van der Waals surface area contributed by atoms with Gasteiger partial charge in [0, 0.05) is 35.7 Å². The summed E-state index contributed by atoms with van der Waals surface area (Å²) in [5.41, 5.74) is 10.6. The highest BCUT2D eigenvalue weighted by atomic mass is 19.2. The first kappa shape index (κ1) is 20.6. The Kier molecular flexibility index (Phi) is 5.02. The minimum atomic E-state index is -1.32. The second-order valence-corrected chi connectivity index (χ2v) is 7.15. The van der Waals surface area contributed by atoms with Gasteiger partial charge in [0.15, 0.2) is 17.6 Å². The first-order valence-electron chi connectivity index (χ1n) is 8.57. The normalized spacial score (nSPS) is 16.1. The second-order valence-electron chi connectivity index (χ2n) is 7.15. The minimum Gasteiger partial charge on any atom is -0.370 e. The van der Waals surface area contributed by atoms with Crippen LogP contribution in [0.3, 0.4) is 0 Å². The van der Waals surface area contributed by atoms with Crippen LogP contribution in [0.25, 0.3) is 11.1 Å². The van der Waals surface area contributed by atoms with Gasteiger partial charge in [-0.1, -0.05) is 13.5 Å². The molecule has 2 amide bonds. The van der Waals surface area contributed by atoms with Crippen molar-refractivity contribution in [3.63, 3.8) is 0 Å². The van der Waals surface area contributed by atoms with Crippen LogP contribution in [-0.2, 0) is 12.0 Å². The summed E-state index contributed by atoms with van der Waals surface area (Å²) < 4.78 is 56.2. The predicted octanol–water partition coefficient (Wildman–Crippen LogP) is 3.79. The van der Waals surface area contributed by atoms with Crippen molar-refractivity contribution < 1.29 is 22.4 Å². The molecule has 2 aliphatic rings. The predicted molar refractivity (Wildman–Crippen MR) is 101 cm³/mol. The molecule has 4 rings (SSSR count). The van der Waals surface area contributed by atoms with Crippen LogP contribution in [0.5, 0.6) is 0 Å². The van der Waals surface area contributed by atoms with Crippen molar-refractivity contribution in [1.29, 1.82) is 0 Å². The Morgan fingerprint density at radius 3 is 2.24 bits per heavy atom. The summed E-state index contributed by atoms with van der Waals surface area (Å²) in [7, 11) is 0. The number of rotatable bonds is 1. The van der Waals surface area contributed by atoms with E-state index in [0.29, 0.717) is 30.0 Å². The molecule has 154 valence electrons. The molecule has 2 aromatic rings. The Morgan fingerprint density at radius 1 is 0.966 bits per heavy atom. The summed E-state index contributed by atoms with van der Waals surface area (Å²) in [5.74, 6) is -4.41.